The van der Waals surface area contributed by atoms with E-state index in [0.29, 0.717) is 22.6 Å². The summed E-state index contributed by atoms with van der Waals surface area (Å²) in [6.07, 6.45) is 8.72. The summed E-state index contributed by atoms with van der Waals surface area (Å²) in [5.74, 6) is 0.479. The van der Waals surface area contributed by atoms with Crippen molar-refractivity contribution in [2.75, 3.05) is 7.11 Å². The Labute approximate surface area is 142 Å². The zero-order chi connectivity index (χ0) is 16.7. The van der Waals surface area contributed by atoms with Crippen LogP contribution in [0.5, 0.6) is 11.5 Å². The van der Waals surface area contributed by atoms with Crippen LogP contribution < -0.4 is 14.9 Å². The van der Waals surface area contributed by atoms with Crippen molar-refractivity contribution in [3.63, 3.8) is 0 Å². The fourth-order valence-electron chi connectivity index (χ4n) is 1.82. The molecule has 23 heavy (non-hydrogen) atoms. The molecule has 0 heterocycles. The van der Waals surface area contributed by atoms with E-state index in [2.05, 4.69) is 32.6 Å². The van der Waals surface area contributed by atoms with Crippen molar-refractivity contribution in [3.05, 3.63) is 58.1 Å². The fraction of sp³-hybridized carbons (Fsp3) is 0.0588. The molecule has 0 unspecified atom stereocenters. The topological polar surface area (TPSA) is 59.9 Å². The number of amides is 1. The molecule has 0 aliphatic heterocycles. The first-order valence-electron chi connectivity index (χ1n) is 6.54. The maximum atomic E-state index is 11.9. The lowest BCUT2D eigenvalue weighted by Gasteiger charge is -2.09. The van der Waals surface area contributed by atoms with Gasteiger partial charge in [0.15, 0.2) is 11.5 Å². The third kappa shape index (κ3) is 4.34. The minimum absolute atomic E-state index is 0.316. The van der Waals surface area contributed by atoms with Gasteiger partial charge in [0.05, 0.1) is 13.3 Å². The molecular weight excluding hydrogens is 360 g/mol. The van der Waals surface area contributed by atoms with Crippen molar-refractivity contribution in [2.24, 2.45) is 5.10 Å². The van der Waals surface area contributed by atoms with Gasteiger partial charge in [0.25, 0.3) is 5.91 Å². The van der Waals surface area contributed by atoms with Gasteiger partial charge in [-0.05, 0) is 24.3 Å². The molecule has 0 aliphatic carbocycles. The van der Waals surface area contributed by atoms with Crippen molar-refractivity contribution < 1.29 is 14.3 Å². The summed E-state index contributed by atoms with van der Waals surface area (Å²) in [5.41, 5.74) is 3.51. The Bertz CT molecular complexity index is 767. The van der Waals surface area contributed by atoms with E-state index in [-0.39, 0.29) is 5.91 Å². The number of hydrazone groups is 1. The number of nitrogens with zero attached hydrogens (tertiary/aromatic N) is 1. The maximum Gasteiger partial charge on any atom is 0.271 e. The van der Waals surface area contributed by atoms with Crippen LogP contribution in [0, 0.1) is 12.5 Å². The molecule has 0 bridgehead atoms. The summed E-state index contributed by atoms with van der Waals surface area (Å²) in [7, 11) is 1.50. The normalized spacial score (nSPS) is 10.1. The molecule has 2 rings (SSSR count). The average Bonchev–Trinajstić information content (AvgIpc) is 2.57. The van der Waals surface area contributed by atoms with E-state index in [4.69, 9.17) is 15.9 Å². The Morgan fingerprint density at radius 2 is 2.09 bits per heavy atom. The van der Waals surface area contributed by atoms with E-state index in [0.717, 1.165) is 4.47 Å². The van der Waals surface area contributed by atoms with Gasteiger partial charge in [-0.25, -0.2) is 5.43 Å². The Morgan fingerprint density at radius 1 is 1.35 bits per heavy atom. The van der Waals surface area contributed by atoms with Crippen LogP contribution in [0.2, 0.25) is 0 Å². The summed E-state index contributed by atoms with van der Waals surface area (Å²) in [6, 6.07) is 12.2. The number of rotatable bonds is 5. The molecule has 0 aromatic heterocycles. The minimum Gasteiger partial charge on any atom is -0.493 e. The Morgan fingerprint density at radius 3 is 2.74 bits per heavy atom. The number of benzene rings is 2. The lowest BCUT2D eigenvalue weighted by Crippen LogP contribution is -2.17. The van der Waals surface area contributed by atoms with Gasteiger partial charge in [-0.15, -0.1) is 0 Å². The highest BCUT2D eigenvalue weighted by Gasteiger charge is 2.11. The number of carbonyl (C=O) groups excluding carboxylic acids is 1. The van der Waals surface area contributed by atoms with Gasteiger partial charge in [-0.1, -0.05) is 40.6 Å². The van der Waals surface area contributed by atoms with Crippen LogP contribution in [-0.4, -0.2) is 19.2 Å². The highest BCUT2D eigenvalue weighted by molar-refractivity contribution is 9.10. The molecule has 0 radical (unpaired) electrons. The van der Waals surface area contributed by atoms with E-state index in [1.54, 1.807) is 36.4 Å². The Kier molecular flexibility index (Phi) is 5.78. The van der Waals surface area contributed by atoms with Crippen LogP contribution in [0.3, 0.4) is 0 Å². The van der Waals surface area contributed by atoms with Crippen LogP contribution in [0.15, 0.2) is 52.0 Å². The molecular formula is C17H13BrN2O3. The second-order valence-corrected chi connectivity index (χ2v) is 5.23. The third-order valence-corrected chi connectivity index (χ3v) is 3.29. The summed E-state index contributed by atoms with van der Waals surface area (Å²) in [5, 5.41) is 3.93. The molecule has 0 atom stereocenters. The van der Waals surface area contributed by atoms with Crippen LogP contribution in [0.4, 0.5) is 0 Å². The molecule has 1 amide bonds. The summed E-state index contributed by atoms with van der Waals surface area (Å²) in [4.78, 5) is 11.9. The van der Waals surface area contributed by atoms with Crippen molar-refractivity contribution in [1.82, 2.24) is 5.43 Å². The van der Waals surface area contributed by atoms with E-state index in [1.807, 2.05) is 6.07 Å². The predicted molar refractivity (Wildman–Crippen MR) is 91.7 cm³/mol. The van der Waals surface area contributed by atoms with E-state index >= 15 is 0 Å². The summed E-state index contributed by atoms with van der Waals surface area (Å²) >= 11 is 3.36. The molecule has 6 heteroatoms. The number of hydrogen-bond acceptors (Lipinski definition) is 4. The first-order valence-corrected chi connectivity index (χ1v) is 7.33. The van der Waals surface area contributed by atoms with Gasteiger partial charge >= 0.3 is 0 Å². The fourth-order valence-corrected chi connectivity index (χ4v) is 2.27. The lowest BCUT2D eigenvalue weighted by atomic mass is 10.2. The number of methoxy groups -OCH3 is 1. The molecule has 0 fully saturated rings. The van der Waals surface area contributed by atoms with Crippen molar-refractivity contribution in [2.45, 2.75) is 0 Å². The summed E-state index contributed by atoms with van der Waals surface area (Å²) in [6.45, 7) is 0. The van der Waals surface area contributed by atoms with Gasteiger partial charge in [-0.2, -0.15) is 5.10 Å². The zero-order valence-electron chi connectivity index (χ0n) is 12.2. The molecule has 2 aromatic carbocycles. The molecule has 2 aromatic rings. The number of hydrogen-bond donors (Lipinski definition) is 1. The van der Waals surface area contributed by atoms with Gasteiger partial charge in [0.1, 0.15) is 6.11 Å². The lowest BCUT2D eigenvalue weighted by molar-refractivity contribution is 0.0955. The Balaban J connectivity index is 2.20. The number of carbonyl (C=O) groups is 1. The number of ether oxygens (including phenoxy) is 2. The number of nitrogens with one attached hydrogen (secondary N) is 1. The SMILES string of the molecule is C#COc1c(/C=N/NC(=O)c2ccccc2)cc(Br)cc1OC. The largest absolute Gasteiger partial charge is 0.493 e. The second-order valence-electron chi connectivity index (χ2n) is 4.31. The highest BCUT2D eigenvalue weighted by Crippen LogP contribution is 2.33. The van der Waals surface area contributed by atoms with Gasteiger partial charge < -0.3 is 9.47 Å². The third-order valence-electron chi connectivity index (χ3n) is 2.83. The smallest absolute Gasteiger partial charge is 0.271 e. The second kappa shape index (κ2) is 8.01. The molecule has 116 valence electrons. The maximum absolute atomic E-state index is 11.9. The highest BCUT2D eigenvalue weighted by atomic mass is 79.9. The predicted octanol–water partition coefficient (Wildman–Crippen LogP) is 3.19. The van der Waals surface area contributed by atoms with Gasteiger partial charge in [0.2, 0.25) is 0 Å². The van der Waals surface area contributed by atoms with Crippen LogP contribution in [0.25, 0.3) is 0 Å². The first kappa shape index (κ1) is 16.6. The van der Waals surface area contributed by atoms with Crippen LogP contribution >= 0.6 is 15.9 Å². The van der Waals surface area contributed by atoms with Crippen LogP contribution in [0.1, 0.15) is 15.9 Å². The first-order chi connectivity index (χ1) is 11.2. The van der Waals surface area contributed by atoms with Crippen molar-refractivity contribution in [1.29, 1.82) is 0 Å². The minimum atomic E-state index is -0.316. The van der Waals surface area contributed by atoms with E-state index in [1.165, 1.54) is 13.3 Å². The zero-order valence-corrected chi connectivity index (χ0v) is 13.8. The quantitative estimate of drug-likeness (QED) is 0.498. The average molecular weight is 373 g/mol. The van der Waals surface area contributed by atoms with Crippen LogP contribution in [-0.2, 0) is 0 Å². The monoisotopic (exact) mass is 372 g/mol. The van der Waals surface area contributed by atoms with E-state index in [9.17, 15) is 4.79 Å². The number of terminal acetylenes is 1. The van der Waals surface area contributed by atoms with Gasteiger partial charge in [-0.3, -0.25) is 4.79 Å². The van der Waals surface area contributed by atoms with Gasteiger partial charge in [0, 0.05) is 15.6 Å². The molecule has 0 saturated heterocycles. The molecule has 5 nitrogen and oxygen atoms in total. The standard InChI is InChI=1S/C17H13BrN2O3/c1-3-23-16-13(9-14(18)10-15(16)22-2)11-19-20-17(21)12-7-5-4-6-8-12/h1,4-11H,2H3,(H,20,21)/b19-11+. The van der Waals surface area contributed by atoms with E-state index < -0.39 is 0 Å². The number of halogens is 1. The Hall–Kier alpha value is -2.78. The molecule has 0 aliphatic rings. The summed E-state index contributed by atoms with van der Waals surface area (Å²) < 4.78 is 11.1. The molecule has 1 N–H and O–H groups in total. The molecule has 0 saturated carbocycles. The van der Waals surface area contributed by atoms with Crippen molar-refractivity contribution >= 4 is 28.1 Å². The van der Waals surface area contributed by atoms with Crippen molar-refractivity contribution in [3.8, 4) is 24.0 Å². The molecule has 0 spiro atoms.